The Labute approximate surface area is 137 Å². The summed E-state index contributed by atoms with van der Waals surface area (Å²) in [5.74, 6) is 0.146. The van der Waals surface area contributed by atoms with E-state index in [1.54, 1.807) is 12.1 Å². The van der Waals surface area contributed by atoms with Crippen molar-refractivity contribution in [1.29, 1.82) is 0 Å². The monoisotopic (exact) mass is 323 g/mol. The van der Waals surface area contributed by atoms with Crippen LogP contribution in [0, 0.1) is 0 Å². The van der Waals surface area contributed by atoms with E-state index in [9.17, 15) is 5.11 Å². The Balaban J connectivity index is 2.33. The number of phenols is 1. The van der Waals surface area contributed by atoms with Crippen LogP contribution in [0.15, 0.2) is 23.7 Å². The largest absolute Gasteiger partial charge is 0.508 e. The Bertz CT molecular complexity index is 571. The van der Waals surface area contributed by atoms with Crippen molar-refractivity contribution in [3.63, 3.8) is 0 Å². The summed E-state index contributed by atoms with van der Waals surface area (Å²) < 4.78 is 12.2. The minimum atomic E-state index is -0.428. The van der Waals surface area contributed by atoms with Crippen LogP contribution in [-0.4, -0.2) is 37.0 Å². The van der Waals surface area contributed by atoms with E-state index in [2.05, 4.69) is 5.32 Å². The Morgan fingerprint density at radius 3 is 2.36 bits per heavy atom. The number of benzene rings is 1. The molecule has 1 aromatic rings. The lowest BCUT2D eigenvalue weighted by molar-refractivity contribution is 0.00578. The van der Waals surface area contributed by atoms with Crippen molar-refractivity contribution in [2.24, 2.45) is 0 Å². The second kappa shape index (κ2) is 6.24. The molecule has 0 unspecified atom stereocenters. The van der Waals surface area contributed by atoms with Gasteiger partial charge in [-0.1, -0.05) is 17.7 Å². The topological polar surface area (TPSA) is 50.7 Å². The molecule has 0 spiro atoms. The number of phenolic OH excluding ortho intramolecular Hbond substituents is 1. The SMILES string of the molecule is CNCC(=Cc1ccc(O)cc1Cl)B1OC(C)(C)C(C)(C)O1. The summed E-state index contributed by atoms with van der Waals surface area (Å²) in [4.78, 5) is 0. The Morgan fingerprint density at radius 1 is 1.27 bits per heavy atom. The molecule has 0 saturated carbocycles. The molecule has 1 fully saturated rings. The third-order valence-corrected chi connectivity index (χ3v) is 4.59. The predicted octanol–water partition coefficient (Wildman–Crippen LogP) is 3.28. The highest BCUT2D eigenvalue weighted by Gasteiger charge is 2.52. The molecule has 4 nitrogen and oxygen atoms in total. The van der Waals surface area contributed by atoms with Gasteiger partial charge in [-0.3, -0.25) is 0 Å². The number of aromatic hydroxyl groups is 1. The van der Waals surface area contributed by atoms with Crippen LogP contribution < -0.4 is 5.32 Å². The first-order valence-electron chi connectivity index (χ1n) is 7.35. The maximum Gasteiger partial charge on any atom is 0.491 e. The minimum Gasteiger partial charge on any atom is -0.508 e. The zero-order valence-electron chi connectivity index (χ0n) is 13.7. The van der Waals surface area contributed by atoms with Crippen LogP contribution >= 0.6 is 11.6 Å². The molecule has 1 heterocycles. The second-order valence-electron chi connectivity index (χ2n) is 6.54. The number of halogens is 1. The van der Waals surface area contributed by atoms with Crippen molar-refractivity contribution < 1.29 is 14.4 Å². The van der Waals surface area contributed by atoms with Crippen molar-refractivity contribution in [2.45, 2.75) is 38.9 Å². The van der Waals surface area contributed by atoms with E-state index in [1.165, 1.54) is 6.07 Å². The maximum absolute atomic E-state index is 9.46. The molecule has 0 aliphatic carbocycles. The van der Waals surface area contributed by atoms with E-state index >= 15 is 0 Å². The third-order valence-electron chi connectivity index (χ3n) is 4.26. The Kier molecular flexibility index (Phi) is 4.92. The highest BCUT2D eigenvalue weighted by molar-refractivity contribution is 6.56. The standard InChI is InChI=1S/C16H23BClNO3/c1-15(2)16(3,4)22-17(21-15)12(10-19-5)8-11-6-7-13(20)9-14(11)18/h6-9,19-20H,10H2,1-5H3. The van der Waals surface area contributed by atoms with Gasteiger partial charge in [-0.05, 0) is 64.0 Å². The lowest BCUT2D eigenvalue weighted by Crippen LogP contribution is -2.41. The lowest BCUT2D eigenvalue weighted by atomic mass is 9.77. The van der Waals surface area contributed by atoms with Crippen LogP contribution in [0.5, 0.6) is 5.75 Å². The summed E-state index contributed by atoms with van der Waals surface area (Å²) in [5, 5.41) is 13.1. The summed E-state index contributed by atoms with van der Waals surface area (Å²) in [6, 6.07) is 4.91. The van der Waals surface area contributed by atoms with Gasteiger partial charge in [0.1, 0.15) is 5.75 Å². The molecule has 0 radical (unpaired) electrons. The van der Waals surface area contributed by atoms with Crippen LogP contribution in [0.2, 0.25) is 5.02 Å². The molecular weight excluding hydrogens is 300 g/mol. The van der Waals surface area contributed by atoms with Crippen LogP contribution in [0.3, 0.4) is 0 Å². The number of hydrogen-bond donors (Lipinski definition) is 2. The fraction of sp³-hybridized carbons (Fsp3) is 0.500. The molecule has 1 aliphatic heterocycles. The predicted molar refractivity (Wildman–Crippen MR) is 91.1 cm³/mol. The highest BCUT2D eigenvalue weighted by atomic mass is 35.5. The van der Waals surface area contributed by atoms with Gasteiger partial charge in [0, 0.05) is 6.54 Å². The third kappa shape index (κ3) is 3.49. The number of hydrogen-bond acceptors (Lipinski definition) is 4. The van der Waals surface area contributed by atoms with Gasteiger partial charge in [-0.25, -0.2) is 0 Å². The first-order valence-corrected chi connectivity index (χ1v) is 7.73. The highest BCUT2D eigenvalue weighted by Crippen LogP contribution is 2.39. The molecular formula is C16H23BClNO3. The molecule has 22 heavy (non-hydrogen) atoms. The van der Waals surface area contributed by atoms with Gasteiger partial charge < -0.3 is 19.7 Å². The molecule has 1 saturated heterocycles. The van der Waals surface area contributed by atoms with Gasteiger partial charge in [0.2, 0.25) is 0 Å². The lowest BCUT2D eigenvalue weighted by Gasteiger charge is -2.32. The summed E-state index contributed by atoms with van der Waals surface area (Å²) in [6.07, 6.45) is 1.94. The summed E-state index contributed by atoms with van der Waals surface area (Å²) in [6.45, 7) is 8.72. The molecule has 0 aromatic heterocycles. The van der Waals surface area contributed by atoms with E-state index < -0.39 is 7.12 Å². The van der Waals surface area contributed by atoms with Crippen molar-refractivity contribution in [1.82, 2.24) is 5.32 Å². The zero-order chi connectivity index (χ0) is 16.5. The van der Waals surface area contributed by atoms with Gasteiger partial charge >= 0.3 is 7.12 Å². The van der Waals surface area contributed by atoms with Crippen LogP contribution in [0.1, 0.15) is 33.3 Å². The fourth-order valence-electron chi connectivity index (χ4n) is 2.23. The fourth-order valence-corrected chi connectivity index (χ4v) is 2.46. The minimum absolute atomic E-state index is 0.146. The molecule has 1 aromatic carbocycles. The zero-order valence-corrected chi connectivity index (χ0v) is 14.5. The van der Waals surface area contributed by atoms with Crippen molar-refractivity contribution >= 4 is 24.8 Å². The van der Waals surface area contributed by atoms with E-state index in [4.69, 9.17) is 20.9 Å². The normalized spacial score (nSPS) is 20.5. The molecule has 2 N–H and O–H groups in total. The van der Waals surface area contributed by atoms with Crippen molar-refractivity contribution in [2.75, 3.05) is 13.6 Å². The van der Waals surface area contributed by atoms with Gasteiger partial charge in [0.15, 0.2) is 0 Å². The molecule has 1 aliphatic rings. The quantitative estimate of drug-likeness (QED) is 0.835. The molecule has 0 atom stereocenters. The average molecular weight is 324 g/mol. The van der Waals surface area contributed by atoms with E-state index in [-0.39, 0.29) is 17.0 Å². The smallest absolute Gasteiger partial charge is 0.491 e. The van der Waals surface area contributed by atoms with Gasteiger partial charge in [-0.2, -0.15) is 0 Å². The van der Waals surface area contributed by atoms with Gasteiger partial charge in [-0.15, -0.1) is 0 Å². The van der Waals surface area contributed by atoms with E-state index in [1.807, 2.05) is 40.8 Å². The molecule has 120 valence electrons. The molecule has 2 rings (SSSR count). The molecule has 0 amide bonds. The average Bonchev–Trinajstić information content (AvgIpc) is 2.61. The van der Waals surface area contributed by atoms with Gasteiger partial charge in [0.25, 0.3) is 0 Å². The number of likely N-dealkylation sites (N-methyl/N-ethyl adjacent to an activating group) is 1. The second-order valence-corrected chi connectivity index (χ2v) is 6.95. The summed E-state index contributed by atoms with van der Waals surface area (Å²) in [5.41, 5.74) is 1.00. The maximum atomic E-state index is 9.46. The molecule has 6 heteroatoms. The van der Waals surface area contributed by atoms with Crippen LogP contribution in [0.4, 0.5) is 0 Å². The van der Waals surface area contributed by atoms with Crippen molar-refractivity contribution in [3.8, 4) is 5.75 Å². The Morgan fingerprint density at radius 2 is 1.86 bits per heavy atom. The number of nitrogens with one attached hydrogen (secondary N) is 1. The first-order chi connectivity index (χ1) is 10.2. The Hall–Kier alpha value is -1.01. The summed E-state index contributed by atoms with van der Waals surface area (Å²) in [7, 11) is 1.44. The van der Waals surface area contributed by atoms with Crippen LogP contribution in [-0.2, 0) is 9.31 Å². The van der Waals surface area contributed by atoms with E-state index in [0.717, 1.165) is 11.0 Å². The molecule has 0 bridgehead atoms. The number of rotatable bonds is 4. The van der Waals surface area contributed by atoms with Crippen LogP contribution in [0.25, 0.3) is 6.08 Å². The van der Waals surface area contributed by atoms with E-state index in [0.29, 0.717) is 11.6 Å². The van der Waals surface area contributed by atoms with Gasteiger partial charge in [0.05, 0.1) is 16.2 Å². The van der Waals surface area contributed by atoms with Crippen molar-refractivity contribution in [3.05, 3.63) is 34.3 Å². The summed E-state index contributed by atoms with van der Waals surface area (Å²) >= 11 is 6.19. The first kappa shape index (κ1) is 17.4.